The Kier molecular flexibility index (Phi) is 5.56. The van der Waals surface area contributed by atoms with Gasteiger partial charge in [-0.2, -0.15) is 0 Å². The molecule has 1 atom stereocenters. The van der Waals surface area contributed by atoms with Crippen molar-refractivity contribution in [3.63, 3.8) is 0 Å². The van der Waals surface area contributed by atoms with E-state index in [0.29, 0.717) is 28.3 Å². The van der Waals surface area contributed by atoms with Gasteiger partial charge >= 0.3 is 0 Å². The van der Waals surface area contributed by atoms with Gasteiger partial charge in [0.25, 0.3) is 5.91 Å². The molecule has 1 aliphatic rings. The monoisotopic (exact) mass is 379 g/mol. The van der Waals surface area contributed by atoms with Crippen molar-refractivity contribution < 1.29 is 19.1 Å². The van der Waals surface area contributed by atoms with Crippen LogP contribution in [0.1, 0.15) is 20.7 Å². The summed E-state index contributed by atoms with van der Waals surface area (Å²) < 4.78 is 10.2. The number of nitrogens with zero attached hydrogens (tertiary/aromatic N) is 1. The SMILES string of the molecule is COc1ccc(C(=O)NC2=CC=NCC2(N)C(=O)c2ccc(OC)cc2)cc1. The predicted molar refractivity (Wildman–Crippen MR) is 106 cm³/mol. The van der Waals surface area contributed by atoms with Crippen LogP contribution < -0.4 is 20.5 Å². The van der Waals surface area contributed by atoms with Crippen LogP contribution in [0.25, 0.3) is 0 Å². The van der Waals surface area contributed by atoms with Crippen LogP contribution in [0.5, 0.6) is 11.5 Å². The molecule has 0 bridgehead atoms. The standard InChI is InChI=1S/C21H21N3O4/c1-27-16-7-3-14(4-8-16)19(25)21(22)13-23-12-11-18(21)24-20(26)15-5-9-17(28-2)10-6-15/h3-12H,13,22H2,1-2H3,(H,24,26). The molecule has 0 radical (unpaired) electrons. The minimum absolute atomic E-state index is 0.0343. The van der Waals surface area contributed by atoms with Crippen molar-refractivity contribution >= 4 is 17.9 Å². The molecule has 0 spiro atoms. The fourth-order valence-corrected chi connectivity index (χ4v) is 2.84. The number of Topliss-reactive ketones (excluding diaryl/α,β-unsaturated/α-hetero) is 1. The van der Waals surface area contributed by atoms with Crippen LogP contribution in [0, 0.1) is 0 Å². The number of ether oxygens (including phenoxy) is 2. The molecular weight excluding hydrogens is 358 g/mol. The molecule has 2 aromatic carbocycles. The number of hydrogen-bond acceptors (Lipinski definition) is 6. The quantitative estimate of drug-likeness (QED) is 0.747. The number of hydrogen-bond donors (Lipinski definition) is 2. The van der Waals surface area contributed by atoms with Crippen molar-refractivity contribution in [1.82, 2.24) is 5.32 Å². The number of rotatable bonds is 6. The van der Waals surface area contributed by atoms with E-state index in [4.69, 9.17) is 15.2 Å². The molecular formula is C21H21N3O4. The Morgan fingerprint density at radius 1 is 0.964 bits per heavy atom. The van der Waals surface area contributed by atoms with E-state index in [0.717, 1.165) is 0 Å². The summed E-state index contributed by atoms with van der Waals surface area (Å²) in [5, 5.41) is 2.76. The fraction of sp³-hybridized carbons (Fsp3) is 0.190. The number of aliphatic imine (C=N–C) groups is 1. The summed E-state index contributed by atoms with van der Waals surface area (Å²) in [6.07, 6.45) is 3.07. The normalized spacial score (nSPS) is 18.2. The van der Waals surface area contributed by atoms with Gasteiger partial charge in [-0.05, 0) is 54.6 Å². The first-order valence-corrected chi connectivity index (χ1v) is 8.61. The molecule has 3 N–H and O–H groups in total. The lowest BCUT2D eigenvalue weighted by Gasteiger charge is -2.31. The number of carbonyl (C=O) groups excluding carboxylic acids is 2. The molecule has 1 aliphatic heterocycles. The van der Waals surface area contributed by atoms with Crippen LogP contribution in [0.2, 0.25) is 0 Å². The van der Waals surface area contributed by atoms with Gasteiger partial charge in [0.05, 0.1) is 20.8 Å². The fourth-order valence-electron chi connectivity index (χ4n) is 2.84. The molecule has 0 saturated carbocycles. The second kappa shape index (κ2) is 8.06. The van der Waals surface area contributed by atoms with E-state index in [-0.39, 0.29) is 18.2 Å². The highest BCUT2D eigenvalue weighted by Crippen LogP contribution is 2.23. The highest BCUT2D eigenvalue weighted by molar-refractivity contribution is 6.08. The number of carbonyl (C=O) groups is 2. The summed E-state index contributed by atoms with van der Waals surface area (Å²) in [5.41, 5.74) is 6.08. The number of ketones is 1. The van der Waals surface area contributed by atoms with Crippen LogP contribution in [0.3, 0.4) is 0 Å². The maximum atomic E-state index is 13.1. The van der Waals surface area contributed by atoms with Gasteiger partial charge in [-0.25, -0.2) is 0 Å². The van der Waals surface area contributed by atoms with Gasteiger partial charge in [0, 0.05) is 23.0 Å². The first-order chi connectivity index (χ1) is 13.5. The van der Waals surface area contributed by atoms with E-state index in [2.05, 4.69) is 10.3 Å². The van der Waals surface area contributed by atoms with Crippen molar-refractivity contribution in [1.29, 1.82) is 0 Å². The average molecular weight is 379 g/mol. The molecule has 7 nitrogen and oxygen atoms in total. The van der Waals surface area contributed by atoms with Crippen molar-refractivity contribution in [3.8, 4) is 11.5 Å². The van der Waals surface area contributed by atoms with Gasteiger partial charge in [-0.3, -0.25) is 14.6 Å². The summed E-state index contributed by atoms with van der Waals surface area (Å²) in [7, 11) is 3.10. The molecule has 1 unspecified atom stereocenters. The van der Waals surface area contributed by atoms with E-state index < -0.39 is 5.54 Å². The Morgan fingerprint density at radius 3 is 2.04 bits per heavy atom. The summed E-state index contributed by atoms with van der Waals surface area (Å²) in [6.45, 7) is 0.0343. The van der Waals surface area contributed by atoms with Crippen molar-refractivity contribution in [2.75, 3.05) is 20.8 Å². The zero-order chi connectivity index (χ0) is 20.1. The van der Waals surface area contributed by atoms with E-state index in [1.807, 2.05) is 0 Å². The summed E-state index contributed by atoms with van der Waals surface area (Å²) in [6, 6.07) is 13.3. The molecule has 28 heavy (non-hydrogen) atoms. The zero-order valence-corrected chi connectivity index (χ0v) is 15.6. The highest BCUT2D eigenvalue weighted by Gasteiger charge is 2.40. The third-order valence-electron chi connectivity index (χ3n) is 4.53. The number of nitrogens with two attached hydrogens (primary N) is 1. The zero-order valence-electron chi connectivity index (χ0n) is 15.6. The molecule has 0 aliphatic carbocycles. The lowest BCUT2D eigenvalue weighted by Crippen LogP contribution is -2.57. The summed E-state index contributed by atoms with van der Waals surface area (Å²) in [4.78, 5) is 29.8. The molecule has 1 heterocycles. The lowest BCUT2D eigenvalue weighted by molar-refractivity contribution is 0.0900. The number of methoxy groups -OCH3 is 2. The molecule has 3 rings (SSSR count). The molecule has 7 heteroatoms. The maximum absolute atomic E-state index is 13.1. The van der Waals surface area contributed by atoms with Gasteiger partial charge < -0.3 is 20.5 Å². The first-order valence-electron chi connectivity index (χ1n) is 8.61. The van der Waals surface area contributed by atoms with Gasteiger partial charge in [-0.1, -0.05) is 0 Å². The van der Waals surface area contributed by atoms with Crippen molar-refractivity contribution in [2.24, 2.45) is 10.7 Å². The first kappa shape index (κ1) is 19.3. The van der Waals surface area contributed by atoms with E-state index in [1.54, 1.807) is 68.8 Å². The molecule has 0 fully saturated rings. The average Bonchev–Trinajstić information content (AvgIpc) is 2.75. The number of dihydropyridines is 1. The number of allylic oxidation sites excluding steroid dienone is 1. The molecule has 1 amide bonds. The Hall–Kier alpha value is -3.45. The second-order valence-corrected chi connectivity index (χ2v) is 6.28. The number of amides is 1. The Labute approximate surface area is 162 Å². The molecule has 0 saturated heterocycles. The number of benzene rings is 2. The topological polar surface area (TPSA) is 103 Å². The van der Waals surface area contributed by atoms with Crippen molar-refractivity contribution in [3.05, 3.63) is 71.4 Å². The lowest BCUT2D eigenvalue weighted by atomic mass is 9.85. The molecule has 0 aromatic heterocycles. The van der Waals surface area contributed by atoms with E-state index in [9.17, 15) is 9.59 Å². The van der Waals surface area contributed by atoms with Crippen LogP contribution in [-0.4, -0.2) is 44.2 Å². The largest absolute Gasteiger partial charge is 0.497 e. The second-order valence-electron chi connectivity index (χ2n) is 6.28. The third kappa shape index (κ3) is 3.79. The van der Waals surface area contributed by atoms with Crippen LogP contribution in [-0.2, 0) is 0 Å². The van der Waals surface area contributed by atoms with E-state index in [1.165, 1.54) is 6.21 Å². The predicted octanol–water partition coefficient (Wildman–Crippen LogP) is 1.98. The Morgan fingerprint density at radius 2 is 1.50 bits per heavy atom. The Bertz CT molecular complexity index is 933. The Balaban J connectivity index is 1.83. The minimum atomic E-state index is -1.47. The van der Waals surface area contributed by atoms with Gasteiger partial charge in [-0.15, -0.1) is 0 Å². The smallest absolute Gasteiger partial charge is 0.255 e. The van der Waals surface area contributed by atoms with Gasteiger partial charge in [0.1, 0.15) is 17.0 Å². The van der Waals surface area contributed by atoms with E-state index >= 15 is 0 Å². The van der Waals surface area contributed by atoms with Crippen LogP contribution >= 0.6 is 0 Å². The molecule has 144 valence electrons. The summed E-state index contributed by atoms with van der Waals surface area (Å²) >= 11 is 0. The van der Waals surface area contributed by atoms with Crippen LogP contribution in [0.15, 0.2) is 65.3 Å². The highest BCUT2D eigenvalue weighted by atomic mass is 16.5. The minimum Gasteiger partial charge on any atom is -0.497 e. The van der Waals surface area contributed by atoms with Crippen molar-refractivity contribution in [2.45, 2.75) is 5.54 Å². The third-order valence-corrected chi connectivity index (χ3v) is 4.53. The summed E-state index contributed by atoms with van der Waals surface area (Å²) in [5.74, 6) is 0.561. The number of nitrogens with one attached hydrogen (secondary N) is 1. The van der Waals surface area contributed by atoms with Gasteiger partial charge in [0.2, 0.25) is 0 Å². The molecule has 2 aromatic rings. The van der Waals surface area contributed by atoms with Gasteiger partial charge in [0.15, 0.2) is 5.78 Å². The van der Waals surface area contributed by atoms with Crippen LogP contribution in [0.4, 0.5) is 0 Å². The maximum Gasteiger partial charge on any atom is 0.255 e.